The first-order chi connectivity index (χ1) is 11.6. The number of rotatable bonds is 5. The second-order valence-corrected chi connectivity index (χ2v) is 8.78. The molecule has 134 valence electrons. The van der Waals surface area contributed by atoms with Gasteiger partial charge in [-0.05, 0) is 44.0 Å². The van der Waals surface area contributed by atoms with Crippen LogP contribution in [0.5, 0.6) is 0 Å². The molecule has 0 bridgehead atoms. The molecular weight excluding hydrogens is 338 g/mol. The molecule has 0 unspecified atom stereocenters. The second-order valence-electron chi connectivity index (χ2n) is 6.74. The molecule has 0 saturated heterocycles. The zero-order valence-electron chi connectivity index (χ0n) is 14.9. The van der Waals surface area contributed by atoms with E-state index >= 15 is 0 Å². The van der Waals surface area contributed by atoms with Crippen LogP contribution < -0.4 is 0 Å². The zero-order chi connectivity index (χ0) is 18.7. The number of carbonyl (C=O) groups is 1. The third-order valence-electron chi connectivity index (χ3n) is 3.44. The SMILES string of the molecule is CN(CC(=O)OC(C)(C)C)S(=O)(=O)c1ccc(-c2ccccc2)cc1. The molecule has 0 aliphatic rings. The molecule has 5 nitrogen and oxygen atoms in total. The van der Waals surface area contributed by atoms with Gasteiger partial charge in [0, 0.05) is 7.05 Å². The highest BCUT2D eigenvalue weighted by molar-refractivity contribution is 7.89. The molecule has 0 saturated carbocycles. The Kier molecular flexibility index (Phi) is 5.65. The number of ether oxygens (including phenoxy) is 1. The van der Waals surface area contributed by atoms with Crippen molar-refractivity contribution in [3.63, 3.8) is 0 Å². The van der Waals surface area contributed by atoms with E-state index in [0.29, 0.717) is 0 Å². The molecule has 6 heteroatoms. The summed E-state index contributed by atoms with van der Waals surface area (Å²) >= 11 is 0. The lowest BCUT2D eigenvalue weighted by Gasteiger charge is -2.22. The van der Waals surface area contributed by atoms with Gasteiger partial charge in [0.1, 0.15) is 12.1 Å². The molecule has 0 spiro atoms. The van der Waals surface area contributed by atoms with Gasteiger partial charge in [0.05, 0.1) is 4.90 Å². The minimum atomic E-state index is -3.76. The lowest BCUT2D eigenvalue weighted by atomic mass is 10.1. The molecule has 0 aliphatic carbocycles. The number of esters is 1. The predicted octanol–water partition coefficient (Wildman–Crippen LogP) is 3.32. The van der Waals surface area contributed by atoms with Crippen molar-refractivity contribution in [2.24, 2.45) is 0 Å². The first-order valence-corrected chi connectivity index (χ1v) is 9.37. The summed E-state index contributed by atoms with van der Waals surface area (Å²) in [7, 11) is -2.39. The van der Waals surface area contributed by atoms with E-state index in [1.54, 1.807) is 45.0 Å². The number of hydrogen-bond acceptors (Lipinski definition) is 4. The highest BCUT2D eigenvalue weighted by Gasteiger charge is 2.25. The van der Waals surface area contributed by atoms with Crippen LogP contribution in [0.15, 0.2) is 59.5 Å². The molecule has 0 atom stereocenters. The van der Waals surface area contributed by atoms with Crippen LogP contribution in [0.3, 0.4) is 0 Å². The first kappa shape index (κ1) is 19.1. The van der Waals surface area contributed by atoms with E-state index in [1.165, 1.54) is 7.05 Å². The largest absolute Gasteiger partial charge is 0.459 e. The van der Waals surface area contributed by atoms with E-state index in [0.717, 1.165) is 15.4 Å². The van der Waals surface area contributed by atoms with Crippen LogP contribution >= 0.6 is 0 Å². The number of sulfonamides is 1. The Bertz CT molecular complexity index is 822. The summed E-state index contributed by atoms with van der Waals surface area (Å²) in [6, 6.07) is 16.3. The first-order valence-electron chi connectivity index (χ1n) is 7.93. The van der Waals surface area contributed by atoms with Gasteiger partial charge in [0.2, 0.25) is 10.0 Å². The normalized spacial score (nSPS) is 12.2. The van der Waals surface area contributed by atoms with Gasteiger partial charge in [-0.15, -0.1) is 0 Å². The molecule has 0 N–H and O–H groups in total. The molecule has 0 fully saturated rings. The molecule has 0 aromatic heterocycles. The van der Waals surface area contributed by atoms with Crippen molar-refractivity contribution < 1.29 is 17.9 Å². The van der Waals surface area contributed by atoms with Crippen LogP contribution in [-0.2, 0) is 19.6 Å². The number of carbonyl (C=O) groups excluding carboxylic acids is 1. The van der Waals surface area contributed by atoms with Crippen LogP contribution in [0.2, 0.25) is 0 Å². The molecular formula is C19H23NO4S. The fourth-order valence-electron chi connectivity index (χ4n) is 2.27. The van der Waals surface area contributed by atoms with E-state index in [2.05, 4.69) is 0 Å². The fraction of sp³-hybridized carbons (Fsp3) is 0.316. The highest BCUT2D eigenvalue weighted by atomic mass is 32.2. The van der Waals surface area contributed by atoms with Gasteiger partial charge in [0.15, 0.2) is 0 Å². The van der Waals surface area contributed by atoms with Crippen LogP contribution in [-0.4, -0.2) is 37.9 Å². The maximum atomic E-state index is 12.6. The average Bonchev–Trinajstić information content (AvgIpc) is 2.54. The lowest BCUT2D eigenvalue weighted by molar-refractivity contribution is -0.154. The monoisotopic (exact) mass is 361 g/mol. The minimum Gasteiger partial charge on any atom is -0.459 e. The molecule has 0 radical (unpaired) electrons. The van der Waals surface area contributed by atoms with E-state index in [1.807, 2.05) is 30.3 Å². The molecule has 0 amide bonds. The lowest BCUT2D eigenvalue weighted by Crippen LogP contribution is -2.36. The Labute approximate surface area is 149 Å². The second kappa shape index (κ2) is 7.37. The topological polar surface area (TPSA) is 63.7 Å². The van der Waals surface area contributed by atoms with Gasteiger partial charge >= 0.3 is 5.97 Å². The number of benzene rings is 2. The van der Waals surface area contributed by atoms with Gasteiger partial charge < -0.3 is 4.74 Å². The van der Waals surface area contributed by atoms with Gasteiger partial charge in [-0.2, -0.15) is 4.31 Å². The van der Waals surface area contributed by atoms with Crippen molar-refractivity contribution in [2.75, 3.05) is 13.6 Å². The summed E-state index contributed by atoms with van der Waals surface area (Å²) in [4.78, 5) is 12.0. The zero-order valence-corrected chi connectivity index (χ0v) is 15.7. The maximum Gasteiger partial charge on any atom is 0.321 e. The van der Waals surface area contributed by atoms with Crippen LogP contribution in [0.25, 0.3) is 11.1 Å². The Morgan fingerprint density at radius 2 is 1.48 bits per heavy atom. The predicted molar refractivity (Wildman–Crippen MR) is 97.5 cm³/mol. The summed E-state index contributed by atoms with van der Waals surface area (Å²) in [6.07, 6.45) is 0. The molecule has 0 aliphatic heterocycles. The molecule has 2 aromatic rings. The Morgan fingerprint density at radius 3 is 2.00 bits per heavy atom. The summed E-state index contributed by atoms with van der Waals surface area (Å²) < 4.78 is 31.4. The van der Waals surface area contributed by atoms with Crippen molar-refractivity contribution >= 4 is 16.0 Å². The van der Waals surface area contributed by atoms with E-state index in [-0.39, 0.29) is 11.4 Å². The maximum absolute atomic E-state index is 12.6. The standard InChI is InChI=1S/C19H23NO4S/c1-19(2,3)24-18(21)14-20(4)25(22,23)17-12-10-16(11-13-17)15-8-6-5-7-9-15/h5-13H,14H2,1-4H3. The van der Waals surface area contributed by atoms with E-state index in [4.69, 9.17) is 4.74 Å². The molecule has 2 aromatic carbocycles. The highest BCUT2D eigenvalue weighted by Crippen LogP contribution is 2.22. The average molecular weight is 361 g/mol. The van der Waals surface area contributed by atoms with E-state index < -0.39 is 21.6 Å². The Balaban J connectivity index is 2.15. The Morgan fingerprint density at radius 1 is 0.960 bits per heavy atom. The summed E-state index contributed by atoms with van der Waals surface area (Å²) in [5, 5.41) is 0. The van der Waals surface area contributed by atoms with Crippen molar-refractivity contribution in [3.8, 4) is 11.1 Å². The van der Waals surface area contributed by atoms with Crippen LogP contribution in [0.4, 0.5) is 0 Å². The van der Waals surface area contributed by atoms with Gasteiger partial charge in [-0.3, -0.25) is 4.79 Å². The van der Waals surface area contributed by atoms with E-state index in [9.17, 15) is 13.2 Å². The van der Waals surface area contributed by atoms with Crippen molar-refractivity contribution in [1.82, 2.24) is 4.31 Å². The smallest absolute Gasteiger partial charge is 0.321 e. The van der Waals surface area contributed by atoms with Crippen molar-refractivity contribution in [2.45, 2.75) is 31.3 Å². The number of likely N-dealkylation sites (N-methyl/N-ethyl adjacent to an activating group) is 1. The van der Waals surface area contributed by atoms with Gasteiger partial charge in [-0.25, -0.2) is 8.42 Å². The quantitative estimate of drug-likeness (QED) is 0.767. The van der Waals surface area contributed by atoms with Crippen LogP contribution in [0, 0.1) is 0 Å². The van der Waals surface area contributed by atoms with Crippen molar-refractivity contribution in [3.05, 3.63) is 54.6 Å². The molecule has 25 heavy (non-hydrogen) atoms. The fourth-order valence-corrected chi connectivity index (χ4v) is 3.39. The van der Waals surface area contributed by atoms with Crippen molar-refractivity contribution in [1.29, 1.82) is 0 Å². The third kappa shape index (κ3) is 5.14. The summed E-state index contributed by atoms with van der Waals surface area (Å²) in [6.45, 7) is 4.88. The van der Waals surface area contributed by atoms with Gasteiger partial charge in [0.25, 0.3) is 0 Å². The Hall–Kier alpha value is -2.18. The minimum absolute atomic E-state index is 0.137. The third-order valence-corrected chi connectivity index (χ3v) is 5.26. The molecule has 0 heterocycles. The summed E-state index contributed by atoms with van der Waals surface area (Å²) in [5.41, 5.74) is 1.28. The number of nitrogens with zero attached hydrogens (tertiary/aromatic N) is 1. The van der Waals surface area contributed by atoms with Crippen LogP contribution in [0.1, 0.15) is 20.8 Å². The number of hydrogen-bond donors (Lipinski definition) is 0. The summed E-state index contributed by atoms with van der Waals surface area (Å²) in [5.74, 6) is -0.584. The molecule has 2 rings (SSSR count). The van der Waals surface area contributed by atoms with Gasteiger partial charge in [-0.1, -0.05) is 42.5 Å².